The quantitative estimate of drug-likeness (QED) is 0.369. The summed E-state index contributed by atoms with van der Waals surface area (Å²) in [6.07, 6.45) is 9.50. The van der Waals surface area contributed by atoms with Crippen LogP contribution in [0, 0.1) is 0 Å². The predicted octanol–water partition coefficient (Wildman–Crippen LogP) is 5.03. The first kappa shape index (κ1) is 22.3. The van der Waals surface area contributed by atoms with Crippen LogP contribution in [0.5, 0.6) is 0 Å². The number of hydrogen-bond donors (Lipinski definition) is 2. The van der Waals surface area contributed by atoms with Crippen molar-refractivity contribution in [2.45, 2.75) is 52.2 Å². The van der Waals surface area contributed by atoms with Crippen molar-refractivity contribution in [2.75, 3.05) is 5.32 Å². The Morgan fingerprint density at radius 1 is 1.11 bits per heavy atom. The van der Waals surface area contributed by atoms with Gasteiger partial charge in [-0.2, -0.15) is 5.10 Å². The third kappa shape index (κ3) is 3.79. The second-order valence-corrected chi connectivity index (χ2v) is 10.5. The van der Waals surface area contributed by atoms with Gasteiger partial charge < -0.3 is 10.3 Å². The maximum atomic E-state index is 13.5. The molecule has 2 N–H and O–H groups in total. The fraction of sp³-hybridized carbons (Fsp3) is 0.286. The van der Waals surface area contributed by atoms with E-state index in [9.17, 15) is 4.79 Å². The lowest BCUT2D eigenvalue weighted by Crippen LogP contribution is -2.30. The van der Waals surface area contributed by atoms with Gasteiger partial charge in [-0.05, 0) is 55.2 Å². The summed E-state index contributed by atoms with van der Waals surface area (Å²) in [7, 11) is 0. The van der Waals surface area contributed by atoms with Crippen LogP contribution in [0.2, 0.25) is 0 Å². The molecule has 5 heterocycles. The highest BCUT2D eigenvalue weighted by Gasteiger charge is 2.32. The minimum absolute atomic E-state index is 0.0333. The fourth-order valence-electron chi connectivity index (χ4n) is 5.05. The van der Waals surface area contributed by atoms with Crippen molar-refractivity contribution in [1.29, 1.82) is 0 Å². The van der Waals surface area contributed by atoms with Crippen LogP contribution in [-0.4, -0.2) is 34.8 Å². The molecule has 0 amide bonds. The van der Waals surface area contributed by atoms with Gasteiger partial charge in [-0.15, -0.1) is 0 Å². The molecule has 0 atom stereocenters. The molecule has 8 heteroatoms. The van der Waals surface area contributed by atoms with Gasteiger partial charge in [-0.3, -0.25) is 19.0 Å². The Bertz CT molecular complexity index is 1640. The van der Waals surface area contributed by atoms with Gasteiger partial charge in [0.2, 0.25) is 5.95 Å². The third-order valence-electron chi connectivity index (χ3n) is 6.78. The van der Waals surface area contributed by atoms with Crippen molar-refractivity contribution in [3.05, 3.63) is 82.8 Å². The van der Waals surface area contributed by atoms with Gasteiger partial charge in [0, 0.05) is 52.4 Å². The number of rotatable bonds is 5. The average molecular weight is 480 g/mol. The molecule has 1 aliphatic rings. The molecular formula is C28H29N7O. The largest absolute Gasteiger partial charge is 0.360 e. The summed E-state index contributed by atoms with van der Waals surface area (Å²) in [4.78, 5) is 26.0. The summed E-state index contributed by atoms with van der Waals surface area (Å²) >= 11 is 0. The molecule has 1 aliphatic heterocycles. The van der Waals surface area contributed by atoms with Gasteiger partial charge in [-0.1, -0.05) is 19.9 Å². The van der Waals surface area contributed by atoms with Gasteiger partial charge in [0.05, 0.1) is 30.5 Å². The molecule has 0 saturated heterocycles. The van der Waals surface area contributed by atoms with Crippen LogP contribution < -0.4 is 10.9 Å². The molecule has 0 fully saturated rings. The molecule has 182 valence electrons. The monoisotopic (exact) mass is 479 g/mol. The highest BCUT2D eigenvalue weighted by Crippen LogP contribution is 2.36. The van der Waals surface area contributed by atoms with E-state index in [0.29, 0.717) is 19.0 Å². The number of nitrogens with zero attached hydrogens (tertiary/aromatic N) is 5. The van der Waals surface area contributed by atoms with E-state index in [1.165, 1.54) is 0 Å². The van der Waals surface area contributed by atoms with E-state index in [1.807, 2.05) is 29.2 Å². The maximum absolute atomic E-state index is 13.5. The molecule has 0 radical (unpaired) electrons. The summed E-state index contributed by atoms with van der Waals surface area (Å²) in [5.41, 5.74) is 6.49. The van der Waals surface area contributed by atoms with Crippen LogP contribution in [0.1, 0.15) is 44.7 Å². The van der Waals surface area contributed by atoms with Crippen molar-refractivity contribution in [3.8, 4) is 22.4 Å². The first-order valence-corrected chi connectivity index (χ1v) is 12.3. The minimum Gasteiger partial charge on any atom is -0.360 e. The Hall–Kier alpha value is -4.20. The van der Waals surface area contributed by atoms with Crippen molar-refractivity contribution >= 4 is 16.9 Å². The van der Waals surface area contributed by atoms with E-state index in [1.54, 1.807) is 17.0 Å². The Morgan fingerprint density at radius 3 is 2.69 bits per heavy atom. The normalized spacial score (nSPS) is 14.4. The van der Waals surface area contributed by atoms with Crippen LogP contribution >= 0.6 is 0 Å². The molecule has 36 heavy (non-hydrogen) atoms. The number of anilines is 1. The zero-order chi connectivity index (χ0) is 25.0. The molecule has 4 aromatic heterocycles. The Kier molecular flexibility index (Phi) is 5.07. The van der Waals surface area contributed by atoms with Gasteiger partial charge in [-0.25, -0.2) is 4.98 Å². The Balaban J connectivity index is 1.43. The summed E-state index contributed by atoms with van der Waals surface area (Å²) in [6, 6.07) is 10.3. The standard InChI is InChI=1S/C28H29N7O/c1-17(2)24-25(32-27-33-28(3,4)16-35(27)26(24)36)22-13-30-23-6-5-19(11-21(22)23)20-12-31-34(15-20)14-18-7-9-29-10-8-18/h5-13,15,17,30H,14,16H2,1-4H3,(H,32,33). The molecule has 1 aromatic carbocycles. The van der Waals surface area contributed by atoms with E-state index < -0.39 is 0 Å². The van der Waals surface area contributed by atoms with Gasteiger partial charge in [0.1, 0.15) is 0 Å². The number of hydrogen-bond acceptors (Lipinski definition) is 5. The Morgan fingerprint density at radius 2 is 1.92 bits per heavy atom. The maximum Gasteiger partial charge on any atom is 0.259 e. The van der Waals surface area contributed by atoms with Crippen molar-refractivity contribution in [3.63, 3.8) is 0 Å². The molecule has 0 spiro atoms. The Labute approximate surface area is 209 Å². The molecule has 6 rings (SSSR count). The first-order valence-electron chi connectivity index (χ1n) is 12.3. The van der Waals surface area contributed by atoms with Crippen LogP contribution in [-0.2, 0) is 13.1 Å². The van der Waals surface area contributed by atoms with Gasteiger partial charge in [0.15, 0.2) is 0 Å². The van der Waals surface area contributed by atoms with Crippen molar-refractivity contribution in [2.24, 2.45) is 0 Å². The van der Waals surface area contributed by atoms with Gasteiger partial charge in [0.25, 0.3) is 5.56 Å². The number of fused-ring (bicyclic) bond motifs is 2. The summed E-state index contributed by atoms with van der Waals surface area (Å²) in [6.45, 7) is 9.57. The highest BCUT2D eigenvalue weighted by molar-refractivity contribution is 5.98. The number of aromatic nitrogens is 6. The molecule has 0 bridgehead atoms. The SMILES string of the molecule is CC(C)c1c(-c2c[nH]c3ccc(-c4cnn(Cc5ccncc5)c4)cc23)nc2n(c1=O)CC(C)(C)N2. The predicted molar refractivity (Wildman–Crippen MR) is 142 cm³/mol. The lowest BCUT2D eigenvalue weighted by molar-refractivity contribution is 0.515. The second-order valence-electron chi connectivity index (χ2n) is 10.5. The van der Waals surface area contributed by atoms with Gasteiger partial charge >= 0.3 is 0 Å². The average Bonchev–Trinajstić information content (AvgIpc) is 3.55. The van der Waals surface area contributed by atoms with E-state index in [-0.39, 0.29) is 17.0 Å². The molecule has 5 aromatic rings. The van der Waals surface area contributed by atoms with Crippen molar-refractivity contribution in [1.82, 2.24) is 29.3 Å². The van der Waals surface area contributed by atoms with E-state index in [0.717, 1.165) is 44.4 Å². The molecule has 0 saturated carbocycles. The third-order valence-corrected chi connectivity index (χ3v) is 6.78. The number of nitrogens with one attached hydrogen (secondary N) is 2. The number of H-pyrrole nitrogens is 1. The summed E-state index contributed by atoms with van der Waals surface area (Å²) in [5, 5.41) is 9.01. The first-order chi connectivity index (χ1) is 17.3. The summed E-state index contributed by atoms with van der Waals surface area (Å²) < 4.78 is 3.70. The van der Waals surface area contributed by atoms with Crippen LogP contribution in [0.4, 0.5) is 5.95 Å². The topological polar surface area (TPSA) is 93.4 Å². The fourth-order valence-corrected chi connectivity index (χ4v) is 5.05. The molecule has 0 aliphatic carbocycles. The van der Waals surface area contributed by atoms with Crippen LogP contribution in [0.25, 0.3) is 33.3 Å². The highest BCUT2D eigenvalue weighted by atomic mass is 16.1. The van der Waals surface area contributed by atoms with E-state index in [2.05, 4.69) is 72.5 Å². The van der Waals surface area contributed by atoms with Crippen LogP contribution in [0.15, 0.2) is 66.1 Å². The molecule has 8 nitrogen and oxygen atoms in total. The lowest BCUT2D eigenvalue weighted by Gasteiger charge is -2.15. The lowest BCUT2D eigenvalue weighted by atomic mass is 9.97. The van der Waals surface area contributed by atoms with E-state index in [4.69, 9.17) is 4.98 Å². The molecule has 0 unspecified atom stereocenters. The smallest absolute Gasteiger partial charge is 0.259 e. The van der Waals surface area contributed by atoms with Crippen LogP contribution in [0.3, 0.4) is 0 Å². The molecular weight excluding hydrogens is 450 g/mol. The number of pyridine rings is 1. The number of benzene rings is 1. The minimum atomic E-state index is -0.212. The van der Waals surface area contributed by atoms with E-state index >= 15 is 0 Å². The zero-order valence-corrected chi connectivity index (χ0v) is 20.9. The second kappa shape index (κ2) is 8.19. The summed E-state index contributed by atoms with van der Waals surface area (Å²) in [5.74, 6) is 0.674. The van der Waals surface area contributed by atoms with Crippen molar-refractivity contribution < 1.29 is 0 Å². The zero-order valence-electron chi connectivity index (χ0n) is 20.9. The number of aromatic amines is 1.